The maximum absolute atomic E-state index is 13.9. The maximum atomic E-state index is 13.9. The predicted octanol–water partition coefficient (Wildman–Crippen LogP) is 2.71. The van der Waals surface area contributed by atoms with Gasteiger partial charge >= 0.3 is 0 Å². The van der Waals surface area contributed by atoms with Crippen molar-refractivity contribution in [3.63, 3.8) is 0 Å². The van der Waals surface area contributed by atoms with Crippen molar-refractivity contribution in [2.24, 2.45) is 0 Å². The number of hydrogen-bond acceptors (Lipinski definition) is 2. The van der Waals surface area contributed by atoms with Gasteiger partial charge in [0.05, 0.1) is 5.69 Å². The predicted molar refractivity (Wildman–Crippen MR) is 70.0 cm³/mol. The topological polar surface area (TPSA) is 15.3 Å². The zero-order valence-corrected chi connectivity index (χ0v) is 10.7. The summed E-state index contributed by atoms with van der Waals surface area (Å²) in [5, 5.41) is 3.51. The maximum Gasteiger partial charge on any atom is 0.146 e. The number of halogens is 1. The molecular weight excluding hydrogens is 215 g/mol. The summed E-state index contributed by atoms with van der Waals surface area (Å²) in [6.45, 7) is 6.94. The summed E-state index contributed by atoms with van der Waals surface area (Å²) in [6, 6.07) is 5.89. The minimum absolute atomic E-state index is 0.0973. The Bertz CT molecular complexity index is 358. The summed E-state index contributed by atoms with van der Waals surface area (Å²) < 4.78 is 13.9. The first-order valence-corrected chi connectivity index (χ1v) is 6.45. The summed E-state index contributed by atoms with van der Waals surface area (Å²) in [7, 11) is 0. The van der Waals surface area contributed by atoms with Gasteiger partial charge in [-0.3, -0.25) is 0 Å². The lowest BCUT2D eigenvalue weighted by Crippen LogP contribution is -2.30. The van der Waals surface area contributed by atoms with Gasteiger partial charge in [0.25, 0.3) is 0 Å². The second-order valence-electron chi connectivity index (χ2n) is 4.74. The van der Waals surface area contributed by atoms with Crippen LogP contribution >= 0.6 is 0 Å². The van der Waals surface area contributed by atoms with Gasteiger partial charge in [0.2, 0.25) is 0 Å². The van der Waals surface area contributed by atoms with Crippen LogP contribution in [0.2, 0.25) is 0 Å². The highest BCUT2D eigenvalue weighted by Gasteiger charge is 2.18. The molecule has 0 aliphatic carbocycles. The Balaban J connectivity index is 2.17. The lowest BCUT2D eigenvalue weighted by molar-refractivity contribution is 0.509. The molecule has 1 atom stereocenters. The minimum Gasteiger partial charge on any atom is -0.368 e. The summed E-state index contributed by atoms with van der Waals surface area (Å²) in [5.41, 5.74) is 1.81. The Morgan fingerprint density at radius 1 is 1.41 bits per heavy atom. The molecule has 1 aromatic carbocycles. The van der Waals surface area contributed by atoms with E-state index in [4.69, 9.17) is 0 Å². The van der Waals surface area contributed by atoms with E-state index in [1.807, 2.05) is 13.0 Å². The van der Waals surface area contributed by atoms with Crippen molar-refractivity contribution in [2.75, 3.05) is 24.5 Å². The highest BCUT2D eigenvalue weighted by Crippen LogP contribution is 2.24. The monoisotopic (exact) mass is 236 g/mol. The van der Waals surface area contributed by atoms with Crippen LogP contribution in [0.15, 0.2) is 18.2 Å². The molecule has 0 bridgehead atoms. The molecule has 94 valence electrons. The molecule has 1 aliphatic heterocycles. The SMILES string of the molecule is CCC1CCN(c2c(C)cccc2F)CCN1. The number of hydrogen-bond donors (Lipinski definition) is 1. The van der Waals surface area contributed by atoms with Gasteiger partial charge in [-0.2, -0.15) is 0 Å². The van der Waals surface area contributed by atoms with Crippen molar-refractivity contribution < 1.29 is 4.39 Å². The molecule has 1 aliphatic rings. The molecular formula is C14H21FN2. The molecule has 0 aromatic heterocycles. The van der Waals surface area contributed by atoms with Crippen LogP contribution in [-0.2, 0) is 0 Å². The largest absolute Gasteiger partial charge is 0.368 e. The van der Waals surface area contributed by atoms with E-state index in [9.17, 15) is 4.39 Å². The van der Waals surface area contributed by atoms with E-state index in [-0.39, 0.29) is 5.82 Å². The van der Waals surface area contributed by atoms with Crippen LogP contribution in [-0.4, -0.2) is 25.7 Å². The molecule has 0 spiro atoms. The zero-order valence-electron chi connectivity index (χ0n) is 10.7. The van der Waals surface area contributed by atoms with Crippen molar-refractivity contribution in [1.82, 2.24) is 5.32 Å². The smallest absolute Gasteiger partial charge is 0.146 e. The van der Waals surface area contributed by atoms with E-state index in [1.54, 1.807) is 12.1 Å². The summed E-state index contributed by atoms with van der Waals surface area (Å²) in [4.78, 5) is 2.17. The fourth-order valence-corrected chi connectivity index (χ4v) is 2.52. The highest BCUT2D eigenvalue weighted by molar-refractivity contribution is 5.54. The average molecular weight is 236 g/mol. The van der Waals surface area contributed by atoms with E-state index in [1.165, 1.54) is 0 Å². The van der Waals surface area contributed by atoms with Gasteiger partial charge in [0, 0.05) is 25.7 Å². The first-order chi connectivity index (χ1) is 8.22. The molecule has 0 amide bonds. The van der Waals surface area contributed by atoms with Crippen LogP contribution in [0.3, 0.4) is 0 Å². The van der Waals surface area contributed by atoms with Crippen LogP contribution in [0.5, 0.6) is 0 Å². The highest BCUT2D eigenvalue weighted by atomic mass is 19.1. The quantitative estimate of drug-likeness (QED) is 0.849. The number of para-hydroxylation sites is 1. The molecule has 1 heterocycles. The summed E-state index contributed by atoms with van der Waals surface area (Å²) in [5.74, 6) is -0.0973. The summed E-state index contributed by atoms with van der Waals surface area (Å²) in [6.07, 6.45) is 2.23. The molecule has 2 nitrogen and oxygen atoms in total. The Morgan fingerprint density at radius 2 is 2.24 bits per heavy atom. The van der Waals surface area contributed by atoms with Gasteiger partial charge in [0.1, 0.15) is 5.82 Å². The molecule has 1 fully saturated rings. The molecule has 1 unspecified atom stereocenters. The zero-order chi connectivity index (χ0) is 12.3. The van der Waals surface area contributed by atoms with Gasteiger partial charge in [-0.1, -0.05) is 19.1 Å². The molecule has 1 aromatic rings. The van der Waals surface area contributed by atoms with E-state index in [0.717, 1.165) is 43.7 Å². The standard InChI is InChI=1S/C14H21FN2/c1-3-12-7-9-17(10-8-16-12)14-11(2)5-4-6-13(14)15/h4-6,12,16H,3,7-10H2,1-2H3. The molecule has 0 radical (unpaired) electrons. The Morgan fingerprint density at radius 3 is 2.94 bits per heavy atom. The number of nitrogens with zero attached hydrogens (tertiary/aromatic N) is 1. The Labute approximate surface area is 103 Å². The van der Waals surface area contributed by atoms with Crippen molar-refractivity contribution >= 4 is 5.69 Å². The number of rotatable bonds is 2. The third kappa shape index (κ3) is 2.78. The van der Waals surface area contributed by atoms with Crippen molar-refractivity contribution in [3.8, 4) is 0 Å². The van der Waals surface area contributed by atoms with Crippen molar-refractivity contribution in [3.05, 3.63) is 29.6 Å². The Kier molecular flexibility index (Phi) is 4.00. The van der Waals surface area contributed by atoms with Gasteiger partial charge in [0.15, 0.2) is 0 Å². The minimum atomic E-state index is -0.0973. The van der Waals surface area contributed by atoms with E-state index >= 15 is 0 Å². The van der Waals surface area contributed by atoms with Gasteiger partial charge in [-0.25, -0.2) is 4.39 Å². The summed E-state index contributed by atoms with van der Waals surface area (Å²) >= 11 is 0. The number of benzene rings is 1. The van der Waals surface area contributed by atoms with E-state index < -0.39 is 0 Å². The van der Waals surface area contributed by atoms with E-state index in [2.05, 4.69) is 17.1 Å². The Hall–Kier alpha value is -1.09. The third-order valence-electron chi connectivity index (χ3n) is 3.56. The van der Waals surface area contributed by atoms with Crippen LogP contribution in [0.4, 0.5) is 10.1 Å². The molecule has 17 heavy (non-hydrogen) atoms. The number of aryl methyl sites for hydroxylation is 1. The van der Waals surface area contributed by atoms with Crippen LogP contribution in [0.25, 0.3) is 0 Å². The van der Waals surface area contributed by atoms with Gasteiger partial charge in [-0.15, -0.1) is 0 Å². The first kappa shape index (κ1) is 12.4. The fraction of sp³-hybridized carbons (Fsp3) is 0.571. The molecule has 1 N–H and O–H groups in total. The second kappa shape index (κ2) is 5.50. The first-order valence-electron chi connectivity index (χ1n) is 6.45. The average Bonchev–Trinajstić information content (AvgIpc) is 2.54. The molecule has 2 rings (SSSR count). The van der Waals surface area contributed by atoms with Gasteiger partial charge < -0.3 is 10.2 Å². The van der Waals surface area contributed by atoms with Gasteiger partial charge in [-0.05, 0) is 31.4 Å². The normalized spacial score (nSPS) is 21.4. The van der Waals surface area contributed by atoms with Crippen molar-refractivity contribution in [2.45, 2.75) is 32.7 Å². The molecule has 0 saturated carbocycles. The third-order valence-corrected chi connectivity index (χ3v) is 3.56. The molecule has 1 saturated heterocycles. The number of nitrogens with one attached hydrogen (secondary N) is 1. The van der Waals surface area contributed by atoms with Crippen LogP contribution < -0.4 is 10.2 Å². The van der Waals surface area contributed by atoms with Crippen LogP contribution in [0.1, 0.15) is 25.3 Å². The fourth-order valence-electron chi connectivity index (χ4n) is 2.52. The van der Waals surface area contributed by atoms with Crippen molar-refractivity contribution in [1.29, 1.82) is 0 Å². The molecule has 3 heteroatoms. The lowest BCUT2D eigenvalue weighted by Gasteiger charge is -2.24. The van der Waals surface area contributed by atoms with E-state index in [0.29, 0.717) is 6.04 Å². The van der Waals surface area contributed by atoms with Crippen LogP contribution in [0, 0.1) is 12.7 Å². The number of anilines is 1. The lowest BCUT2D eigenvalue weighted by atomic mass is 10.1. The second-order valence-corrected chi connectivity index (χ2v) is 4.74.